The first kappa shape index (κ1) is 10.7. The lowest BCUT2D eigenvalue weighted by atomic mass is 10.1. The molecule has 1 saturated carbocycles. The monoisotopic (exact) mass is 249 g/mol. The number of nitrogens with zero attached hydrogens (tertiary/aromatic N) is 2. The van der Waals surface area contributed by atoms with Gasteiger partial charge in [0.1, 0.15) is 0 Å². The molecule has 0 saturated heterocycles. The molecule has 0 spiro atoms. The van der Waals surface area contributed by atoms with Gasteiger partial charge in [-0.1, -0.05) is 28.9 Å². The van der Waals surface area contributed by atoms with Crippen molar-refractivity contribution >= 4 is 11.6 Å². The number of rotatable bonds is 3. The van der Waals surface area contributed by atoms with Gasteiger partial charge in [-0.15, -0.1) is 0 Å². The van der Waals surface area contributed by atoms with Crippen LogP contribution in [0.25, 0.3) is 0 Å². The van der Waals surface area contributed by atoms with Crippen molar-refractivity contribution in [1.82, 2.24) is 10.1 Å². The highest BCUT2D eigenvalue weighted by atomic mass is 35.5. The van der Waals surface area contributed by atoms with Crippen LogP contribution in [0, 0.1) is 0 Å². The topological polar surface area (TPSA) is 64.9 Å². The lowest BCUT2D eigenvalue weighted by Crippen LogP contribution is -2.19. The second kappa shape index (κ2) is 3.82. The van der Waals surface area contributed by atoms with Crippen molar-refractivity contribution in [2.75, 3.05) is 0 Å². The van der Waals surface area contributed by atoms with Crippen LogP contribution in [0.1, 0.15) is 30.1 Å². The Morgan fingerprint density at radius 3 is 2.65 bits per heavy atom. The first-order valence-corrected chi connectivity index (χ1v) is 5.90. The van der Waals surface area contributed by atoms with E-state index in [-0.39, 0.29) is 5.54 Å². The quantitative estimate of drug-likeness (QED) is 0.906. The van der Waals surface area contributed by atoms with Crippen LogP contribution < -0.4 is 5.73 Å². The van der Waals surface area contributed by atoms with Crippen LogP contribution in [0.15, 0.2) is 28.8 Å². The summed E-state index contributed by atoms with van der Waals surface area (Å²) < 4.78 is 5.18. The van der Waals surface area contributed by atoms with Crippen molar-refractivity contribution in [2.45, 2.75) is 24.8 Å². The lowest BCUT2D eigenvalue weighted by Gasteiger charge is -1.98. The van der Waals surface area contributed by atoms with E-state index in [1.54, 1.807) is 0 Å². The summed E-state index contributed by atoms with van der Waals surface area (Å²) in [6.07, 6.45) is 2.49. The maximum absolute atomic E-state index is 5.98. The molecule has 1 aliphatic rings. The smallest absolute Gasteiger partial charge is 0.246 e. The molecule has 88 valence electrons. The Hall–Kier alpha value is -1.39. The van der Waals surface area contributed by atoms with Crippen LogP contribution >= 0.6 is 11.6 Å². The van der Waals surface area contributed by atoms with E-state index in [9.17, 15) is 0 Å². The van der Waals surface area contributed by atoms with E-state index in [1.165, 1.54) is 0 Å². The zero-order valence-electron chi connectivity index (χ0n) is 9.19. The fourth-order valence-electron chi connectivity index (χ4n) is 1.66. The number of hydrogen-bond donors (Lipinski definition) is 1. The van der Waals surface area contributed by atoms with Crippen LogP contribution in [0.3, 0.4) is 0 Å². The van der Waals surface area contributed by atoms with Gasteiger partial charge in [-0.05, 0) is 30.5 Å². The van der Waals surface area contributed by atoms with E-state index < -0.39 is 0 Å². The van der Waals surface area contributed by atoms with Crippen LogP contribution in [-0.2, 0) is 12.0 Å². The highest BCUT2D eigenvalue weighted by molar-refractivity contribution is 6.30. The SMILES string of the molecule is NC1(c2nc(Cc3ccc(Cl)cc3)no2)CC1. The molecule has 0 radical (unpaired) electrons. The van der Waals surface area contributed by atoms with Gasteiger partial charge in [0, 0.05) is 11.4 Å². The van der Waals surface area contributed by atoms with E-state index in [0.29, 0.717) is 18.1 Å². The van der Waals surface area contributed by atoms with Gasteiger partial charge in [0.05, 0.1) is 5.54 Å². The third-order valence-electron chi connectivity index (χ3n) is 2.96. The summed E-state index contributed by atoms with van der Waals surface area (Å²) in [5.74, 6) is 1.22. The zero-order valence-corrected chi connectivity index (χ0v) is 9.94. The summed E-state index contributed by atoms with van der Waals surface area (Å²) in [4.78, 5) is 4.33. The fourth-order valence-corrected chi connectivity index (χ4v) is 1.79. The summed E-state index contributed by atoms with van der Waals surface area (Å²) in [5, 5.41) is 4.66. The summed E-state index contributed by atoms with van der Waals surface area (Å²) in [6, 6.07) is 7.60. The second-order valence-electron chi connectivity index (χ2n) is 4.48. The molecule has 1 fully saturated rings. The minimum Gasteiger partial charge on any atom is -0.337 e. The van der Waals surface area contributed by atoms with Crippen LogP contribution in [0.2, 0.25) is 5.02 Å². The Morgan fingerprint density at radius 1 is 1.29 bits per heavy atom. The molecule has 1 aliphatic carbocycles. The number of benzene rings is 1. The highest BCUT2D eigenvalue weighted by Crippen LogP contribution is 2.41. The Labute approximate surface area is 104 Å². The predicted octanol–water partition coefficient (Wildman–Crippen LogP) is 2.26. The van der Waals surface area contributed by atoms with Gasteiger partial charge in [0.25, 0.3) is 0 Å². The van der Waals surface area contributed by atoms with Crippen LogP contribution in [0.4, 0.5) is 0 Å². The third-order valence-corrected chi connectivity index (χ3v) is 3.21. The molecule has 0 bridgehead atoms. The van der Waals surface area contributed by atoms with E-state index in [0.717, 1.165) is 23.4 Å². The molecule has 0 aliphatic heterocycles. The normalized spacial score (nSPS) is 17.1. The van der Waals surface area contributed by atoms with Crippen molar-refractivity contribution in [3.63, 3.8) is 0 Å². The number of hydrogen-bond acceptors (Lipinski definition) is 4. The molecule has 2 aromatic rings. The van der Waals surface area contributed by atoms with Crippen LogP contribution in [0.5, 0.6) is 0 Å². The summed E-state index contributed by atoms with van der Waals surface area (Å²) in [5.41, 5.74) is 6.73. The molecule has 1 heterocycles. The molecule has 0 amide bonds. The standard InChI is InChI=1S/C12H12ClN3O/c13-9-3-1-8(2-4-9)7-10-15-11(17-16-10)12(14)5-6-12/h1-4H,5-7,14H2. The molecule has 1 aromatic heterocycles. The molecule has 2 N–H and O–H groups in total. The van der Waals surface area contributed by atoms with E-state index in [1.807, 2.05) is 24.3 Å². The highest BCUT2D eigenvalue weighted by Gasteiger charge is 2.45. The molecule has 0 unspecified atom stereocenters. The molecule has 1 aromatic carbocycles. The van der Waals surface area contributed by atoms with Gasteiger partial charge in [0.15, 0.2) is 5.82 Å². The van der Waals surface area contributed by atoms with Crippen molar-refractivity contribution in [1.29, 1.82) is 0 Å². The fraction of sp³-hybridized carbons (Fsp3) is 0.333. The molecular formula is C12H12ClN3O. The van der Waals surface area contributed by atoms with E-state index >= 15 is 0 Å². The minimum absolute atomic E-state index is 0.356. The molecule has 5 heteroatoms. The molecular weight excluding hydrogens is 238 g/mol. The van der Waals surface area contributed by atoms with Gasteiger partial charge in [0.2, 0.25) is 5.89 Å². The largest absolute Gasteiger partial charge is 0.337 e. The van der Waals surface area contributed by atoms with Gasteiger partial charge < -0.3 is 10.3 Å². The maximum atomic E-state index is 5.98. The summed E-state index contributed by atoms with van der Waals surface area (Å²) in [7, 11) is 0. The van der Waals surface area contributed by atoms with Crippen molar-refractivity contribution in [2.24, 2.45) is 5.73 Å². The maximum Gasteiger partial charge on any atom is 0.246 e. The van der Waals surface area contributed by atoms with Crippen molar-refractivity contribution in [3.8, 4) is 0 Å². The molecule has 4 nitrogen and oxygen atoms in total. The van der Waals surface area contributed by atoms with Crippen LogP contribution in [-0.4, -0.2) is 10.1 Å². The predicted molar refractivity (Wildman–Crippen MR) is 63.7 cm³/mol. The van der Waals surface area contributed by atoms with Crippen molar-refractivity contribution in [3.05, 3.63) is 46.6 Å². The molecule has 17 heavy (non-hydrogen) atoms. The van der Waals surface area contributed by atoms with E-state index in [4.69, 9.17) is 21.9 Å². The zero-order chi connectivity index (χ0) is 11.9. The van der Waals surface area contributed by atoms with Gasteiger partial charge in [-0.3, -0.25) is 0 Å². The summed E-state index contributed by atoms with van der Waals surface area (Å²) in [6.45, 7) is 0. The Kier molecular flexibility index (Phi) is 2.42. The van der Waals surface area contributed by atoms with Gasteiger partial charge in [-0.25, -0.2) is 0 Å². The average molecular weight is 250 g/mol. The Balaban J connectivity index is 1.77. The minimum atomic E-state index is -0.356. The number of halogens is 1. The lowest BCUT2D eigenvalue weighted by molar-refractivity contribution is 0.344. The first-order valence-electron chi connectivity index (χ1n) is 5.52. The number of nitrogens with two attached hydrogens (primary N) is 1. The summed E-state index contributed by atoms with van der Waals surface area (Å²) >= 11 is 5.82. The first-order chi connectivity index (χ1) is 8.16. The number of aromatic nitrogens is 2. The van der Waals surface area contributed by atoms with Gasteiger partial charge >= 0.3 is 0 Å². The Morgan fingerprint density at radius 2 is 2.00 bits per heavy atom. The third kappa shape index (κ3) is 2.18. The van der Waals surface area contributed by atoms with Crippen molar-refractivity contribution < 1.29 is 4.52 Å². The average Bonchev–Trinajstić information content (AvgIpc) is 2.90. The van der Waals surface area contributed by atoms with Gasteiger partial charge in [-0.2, -0.15) is 4.98 Å². The molecule has 0 atom stereocenters. The van der Waals surface area contributed by atoms with E-state index in [2.05, 4.69) is 10.1 Å². The second-order valence-corrected chi connectivity index (χ2v) is 4.91. The molecule has 3 rings (SSSR count). The Bertz CT molecular complexity index is 531.